The lowest BCUT2D eigenvalue weighted by atomic mass is 10.0. The predicted octanol–water partition coefficient (Wildman–Crippen LogP) is 2.97. The molecule has 0 bridgehead atoms. The molecule has 92 valence electrons. The zero-order chi connectivity index (χ0) is 13.0. The van der Waals surface area contributed by atoms with E-state index in [1.54, 1.807) is 13.8 Å². The summed E-state index contributed by atoms with van der Waals surface area (Å²) in [6.07, 6.45) is 0. The van der Waals surface area contributed by atoms with E-state index in [-0.39, 0.29) is 17.9 Å². The number of halogens is 1. The van der Waals surface area contributed by atoms with E-state index >= 15 is 0 Å². The number of hydrogen-bond acceptors (Lipinski definition) is 4. The molecule has 0 aliphatic rings. The van der Waals surface area contributed by atoms with Crippen molar-refractivity contribution in [1.82, 2.24) is 0 Å². The van der Waals surface area contributed by atoms with E-state index < -0.39 is 10.9 Å². The van der Waals surface area contributed by atoms with Gasteiger partial charge in [-0.05, 0) is 31.0 Å². The maximum atomic E-state index is 11.6. The standard InChI is InChI=1S/C11H12BrNO4/c1-3-17-11(14)9-5-8(6-12)7(2)4-10(9)13(15)16/h4-5H,3,6H2,1-2H3. The summed E-state index contributed by atoms with van der Waals surface area (Å²) in [5, 5.41) is 11.4. The number of nitro benzene ring substituents is 1. The van der Waals surface area contributed by atoms with Crippen LogP contribution < -0.4 is 0 Å². The van der Waals surface area contributed by atoms with Crippen LogP contribution in [0.3, 0.4) is 0 Å². The quantitative estimate of drug-likeness (QED) is 0.371. The van der Waals surface area contributed by atoms with Gasteiger partial charge in [0.05, 0.1) is 11.5 Å². The van der Waals surface area contributed by atoms with Crippen molar-refractivity contribution in [3.05, 3.63) is 38.9 Å². The number of benzene rings is 1. The lowest BCUT2D eigenvalue weighted by molar-refractivity contribution is -0.385. The molecule has 0 radical (unpaired) electrons. The van der Waals surface area contributed by atoms with Crippen LogP contribution in [0.4, 0.5) is 5.69 Å². The Balaban J connectivity index is 3.33. The van der Waals surface area contributed by atoms with Crippen molar-refractivity contribution in [2.45, 2.75) is 19.2 Å². The van der Waals surface area contributed by atoms with Gasteiger partial charge in [0.15, 0.2) is 0 Å². The highest BCUT2D eigenvalue weighted by atomic mass is 79.9. The molecule has 1 aromatic carbocycles. The number of aryl methyl sites for hydroxylation is 1. The van der Waals surface area contributed by atoms with Crippen LogP contribution in [0.1, 0.15) is 28.4 Å². The first-order valence-corrected chi connectivity index (χ1v) is 6.14. The summed E-state index contributed by atoms with van der Waals surface area (Å²) in [4.78, 5) is 21.9. The number of hydrogen-bond donors (Lipinski definition) is 0. The van der Waals surface area contributed by atoms with E-state index in [4.69, 9.17) is 4.74 Å². The Bertz CT molecular complexity index is 459. The molecule has 6 heteroatoms. The van der Waals surface area contributed by atoms with Gasteiger partial charge in [-0.3, -0.25) is 10.1 Å². The summed E-state index contributed by atoms with van der Waals surface area (Å²) in [6, 6.07) is 2.89. The van der Waals surface area contributed by atoms with Gasteiger partial charge in [-0.1, -0.05) is 15.9 Å². The molecule has 0 fully saturated rings. The lowest BCUT2D eigenvalue weighted by Crippen LogP contribution is -2.09. The highest BCUT2D eigenvalue weighted by Gasteiger charge is 2.22. The Morgan fingerprint density at radius 3 is 2.65 bits per heavy atom. The molecule has 17 heavy (non-hydrogen) atoms. The number of esters is 1. The number of carbonyl (C=O) groups excluding carboxylic acids is 1. The first-order valence-electron chi connectivity index (χ1n) is 5.02. The number of ether oxygens (including phenoxy) is 1. The third-order valence-corrected chi connectivity index (χ3v) is 2.89. The minimum absolute atomic E-state index is 0.00287. The third-order valence-electron chi connectivity index (χ3n) is 2.29. The van der Waals surface area contributed by atoms with Gasteiger partial charge in [-0.15, -0.1) is 0 Å². The fourth-order valence-corrected chi connectivity index (χ4v) is 2.01. The molecule has 1 rings (SSSR count). The van der Waals surface area contributed by atoms with Crippen LogP contribution in [-0.4, -0.2) is 17.5 Å². The van der Waals surface area contributed by atoms with Crippen LogP contribution in [0, 0.1) is 17.0 Å². The Morgan fingerprint density at radius 2 is 2.18 bits per heavy atom. The molecular formula is C11H12BrNO4. The molecule has 0 aliphatic carbocycles. The fourth-order valence-electron chi connectivity index (χ4n) is 1.40. The maximum Gasteiger partial charge on any atom is 0.345 e. The number of alkyl halides is 1. The smallest absolute Gasteiger partial charge is 0.345 e. The number of nitro groups is 1. The van der Waals surface area contributed by atoms with E-state index in [1.807, 2.05) is 0 Å². The van der Waals surface area contributed by atoms with E-state index in [1.165, 1.54) is 12.1 Å². The second-order valence-electron chi connectivity index (χ2n) is 3.41. The van der Waals surface area contributed by atoms with Gasteiger partial charge >= 0.3 is 5.97 Å². The summed E-state index contributed by atoms with van der Waals surface area (Å²) >= 11 is 3.27. The SMILES string of the molecule is CCOC(=O)c1cc(CBr)c(C)cc1[N+](=O)[O-]. The normalized spacial score (nSPS) is 10.1. The van der Waals surface area contributed by atoms with Crippen molar-refractivity contribution in [2.75, 3.05) is 6.61 Å². The summed E-state index contributed by atoms with van der Waals surface area (Å²) in [6.45, 7) is 3.61. The van der Waals surface area contributed by atoms with Gasteiger partial charge < -0.3 is 4.74 Å². The van der Waals surface area contributed by atoms with Gasteiger partial charge in [0.25, 0.3) is 5.69 Å². The van der Waals surface area contributed by atoms with Crippen LogP contribution in [-0.2, 0) is 10.1 Å². The third kappa shape index (κ3) is 3.03. The minimum Gasteiger partial charge on any atom is -0.462 e. The summed E-state index contributed by atoms with van der Waals surface area (Å²) in [5.41, 5.74) is 1.38. The van der Waals surface area contributed by atoms with Gasteiger partial charge in [0.2, 0.25) is 0 Å². The molecule has 0 aromatic heterocycles. The zero-order valence-electron chi connectivity index (χ0n) is 9.53. The van der Waals surface area contributed by atoms with Crippen LogP contribution in [0.2, 0.25) is 0 Å². The molecule has 0 unspecified atom stereocenters. The Hall–Kier alpha value is -1.43. The second kappa shape index (κ2) is 5.77. The first-order chi connectivity index (χ1) is 8.01. The number of carbonyl (C=O) groups is 1. The van der Waals surface area contributed by atoms with Crippen molar-refractivity contribution < 1.29 is 14.5 Å². The lowest BCUT2D eigenvalue weighted by Gasteiger charge is -2.07. The molecule has 0 aliphatic heterocycles. The summed E-state index contributed by atoms with van der Waals surface area (Å²) < 4.78 is 4.80. The molecule has 0 spiro atoms. The minimum atomic E-state index is -0.665. The Kier molecular flexibility index (Phi) is 4.62. The highest BCUT2D eigenvalue weighted by molar-refractivity contribution is 9.08. The maximum absolute atomic E-state index is 11.6. The van der Waals surface area contributed by atoms with Crippen molar-refractivity contribution in [3.63, 3.8) is 0 Å². The first kappa shape index (κ1) is 13.6. The molecule has 0 N–H and O–H groups in total. The van der Waals surface area contributed by atoms with E-state index in [0.29, 0.717) is 5.33 Å². The average Bonchev–Trinajstić information content (AvgIpc) is 2.28. The average molecular weight is 302 g/mol. The van der Waals surface area contributed by atoms with Crippen molar-refractivity contribution in [1.29, 1.82) is 0 Å². The molecule has 0 amide bonds. The van der Waals surface area contributed by atoms with Gasteiger partial charge in [0.1, 0.15) is 5.56 Å². The van der Waals surface area contributed by atoms with Gasteiger partial charge in [-0.25, -0.2) is 4.79 Å². The number of nitrogens with zero attached hydrogens (tertiary/aromatic N) is 1. The van der Waals surface area contributed by atoms with Crippen molar-refractivity contribution in [2.24, 2.45) is 0 Å². The van der Waals surface area contributed by atoms with E-state index in [2.05, 4.69) is 15.9 Å². The fraction of sp³-hybridized carbons (Fsp3) is 0.364. The molecule has 1 aromatic rings. The summed E-state index contributed by atoms with van der Waals surface area (Å²) in [7, 11) is 0. The van der Waals surface area contributed by atoms with Gasteiger partial charge in [-0.2, -0.15) is 0 Å². The van der Waals surface area contributed by atoms with Gasteiger partial charge in [0, 0.05) is 11.4 Å². The monoisotopic (exact) mass is 301 g/mol. The van der Waals surface area contributed by atoms with Crippen molar-refractivity contribution >= 4 is 27.6 Å². The number of rotatable bonds is 4. The molecular weight excluding hydrogens is 290 g/mol. The predicted molar refractivity (Wildman–Crippen MR) is 66.4 cm³/mol. The highest BCUT2D eigenvalue weighted by Crippen LogP contribution is 2.25. The van der Waals surface area contributed by atoms with Crippen molar-refractivity contribution in [3.8, 4) is 0 Å². The molecule has 5 nitrogen and oxygen atoms in total. The van der Waals surface area contributed by atoms with Crippen LogP contribution >= 0.6 is 15.9 Å². The Morgan fingerprint density at radius 1 is 1.53 bits per heavy atom. The van der Waals surface area contributed by atoms with Crippen LogP contribution in [0.25, 0.3) is 0 Å². The Labute approximate surface area is 107 Å². The molecule has 0 atom stereocenters. The summed E-state index contributed by atoms with van der Waals surface area (Å²) in [5.74, 6) is -0.665. The van der Waals surface area contributed by atoms with E-state index in [9.17, 15) is 14.9 Å². The van der Waals surface area contributed by atoms with Crippen LogP contribution in [0.15, 0.2) is 12.1 Å². The topological polar surface area (TPSA) is 69.4 Å². The largest absolute Gasteiger partial charge is 0.462 e. The molecule has 0 saturated heterocycles. The second-order valence-corrected chi connectivity index (χ2v) is 3.97. The zero-order valence-corrected chi connectivity index (χ0v) is 11.1. The molecule has 0 saturated carbocycles. The molecule has 0 heterocycles. The van der Waals surface area contributed by atoms with Crippen LogP contribution in [0.5, 0.6) is 0 Å². The van der Waals surface area contributed by atoms with E-state index in [0.717, 1.165) is 11.1 Å².